The molecule has 6 heteroatoms. The molecule has 2 heterocycles. The van der Waals surface area contributed by atoms with E-state index in [-0.39, 0.29) is 12.4 Å². The molecule has 0 bridgehead atoms. The van der Waals surface area contributed by atoms with Crippen LogP contribution in [-0.4, -0.2) is 39.3 Å². The average molecular weight is 251 g/mol. The molecule has 0 spiro atoms. The molecule has 0 amide bonds. The first-order valence-electron chi connectivity index (χ1n) is 5.12. The van der Waals surface area contributed by atoms with E-state index >= 15 is 0 Å². The van der Waals surface area contributed by atoms with Crippen molar-refractivity contribution >= 4 is 24.0 Å². The molecule has 1 saturated heterocycles. The highest BCUT2D eigenvalue weighted by Crippen LogP contribution is 2.08. The first kappa shape index (κ1) is 12.7. The van der Waals surface area contributed by atoms with Gasteiger partial charge < -0.3 is 4.90 Å². The summed E-state index contributed by atoms with van der Waals surface area (Å²) in [7, 11) is 0. The van der Waals surface area contributed by atoms with E-state index < -0.39 is 0 Å². The van der Waals surface area contributed by atoms with Crippen molar-refractivity contribution in [1.82, 2.24) is 19.7 Å². The van der Waals surface area contributed by atoms with Gasteiger partial charge in [-0.3, -0.25) is 4.68 Å². The fourth-order valence-electron chi connectivity index (χ4n) is 1.81. The average Bonchev–Trinajstić information content (AvgIpc) is 2.63. The lowest BCUT2D eigenvalue weighted by Gasteiger charge is -2.25. The van der Waals surface area contributed by atoms with E-state index in [2.05, 4.69) is 15.0 Å². The van der Waals surface area contributed by atoms with Gasteiger partial charge in [0.1, 0.15) is 6.33 Å². The van der Waals surface area contributed by atoms with Crippen LogP contribution in [0.1, 0.15) is 19.3 Å². The molecule has 2 rings (SSSR count). The lowest BCUT2D eigenvalue weighted by Crippen LogP contribution is -2.32. The maximum atomic E-state index is 5.63. The van der Waals surface area contributed by atoms with Crippen LogP contribution in [0, 0.1) is 0 Å². The molecule has 15 heavy (non-hydrogen) atoms. The van der Waals surface area contributed by atoms with Crippen molar-refractivity contribution in [1.29, 1.82) is 0 Å². The Morgan fingerprint density at radius 3 is 2.53 bits per heavy atom. The Kier molecular flexibility index (Phi) is 5.36. The largest absolute Gasteiger partial charge is 0.301 e. The van der Waals surface area contributed by atoms with Crippen LogP contribution in [0.25, 0.3) is 0 Å². The van der Waals surface area contributed by atoms with Gasteiger partial charge in [0.05, 0.1) is 6.54 Å². The highest BCUT2D eigenvalue weighted by Gasteiger charge is 2.09. The number of halogens is 2. The van der Waals surface area contributed by atoms with Gasteiger partial charge in [0.25, 0.3) is 0 Å². The molecule has 0 saturated carbocycles. The zero-order chi connectivity index (χ0) is 9.80. The second kappa shape index (κ2) is 6.30. The Hall–Kier alpha value is -0.320. The number of hydrogen-bond donors (Lipinski definition) is 0. The molecule has 0 unspecified atom stereocenters. The molecular formula is C9H16Cl2N4. The molecule has 0 N–H and O–H groups in total. The number of piperidine rings is 1. The minimum absolute atomic E-state index is 0. The summed E-state index contributed by atoms with van der Waals surface area (Å²) in [5, 5.41) is 4.38. The highest BCUT2D eigenvalue weighted by molar-refractivity contribution is 6.28. The van der Waals surface area contributed by atoms with Crippen molar-refractivity contribution in [3.63, 3.8) is 0 Å². The fraction of sp³-hybridized carbons (Fsp3) is 0.778. The fourth-order valence-corrected chi connectivity index (χ4v) is 1.95. The third-order valence-electron chi connectivity index (χ3n) is 2.60. The first-order chi connectivity index (χ1) is 6.84. The van der Waals surface area contributed by atoms with Gasteiger partial charge in [-0.1, -0.05) is 6.42 Å². The van der Waals surface area contributed by atoms with Crippen molar-refractivity contribution in [3.05, 3.63) is 11.6 Å². The van der Waals surface area contributed by atoms with Crippen molar-refractivity contribution in [3.8, 4) is 0 Å². The molecule has 1 aromatic rings. The van der Waals surface area contributed by atoms with E-state index in [0.29, 0.717) is 5.28 Å². The van der Waals surface area contributed by atoms with Gasteiger partial charge in [0, 0.05) is 6.54 Å². The number of rotatable bonds is 3. The van der Waals surface area contributed by atoms with Crippen LogP contribution in [0.3, 0.4) is 0 Å². The Labute approximate surface area is 101 Å². The van der Waals surface area contributed by atoms with E-state index in [1.807, 2.05) is 0 Å². The lowest BCUT2D eigenvalue weighted by atomic mass is 10.1. The number of hydrogen-bond acceptors (Lipinski definition) is 3. The minimum Gasteiger partial charge on any atom is -0.301 e. The van der Waals surface area contributed by atoms with Crippen molar-refractivity contribution in [2.75, 3.05) is 19.6 Å². The third kappa shape index (κ3) is 3.97. The van der Waals surface area contributed by atoms with Gasteiger partial charge in [-0.25, -0.2) is 4.98 Å². The van der Waals surface area contributed by atoms with Gasteiger partial charge in [-0.2, -0.15) is 0 Å². The third-order valence-corrected chi connectivity index (χ3v) is 2.78. The van der Waals surface area contributed by atoms with E-state index in [0.717, 1.165) is 13.1 Å². The van der Waals surface area contributed by atoms with Crippen LogP contribution in [0.5, 0.6) is 0 Å². The van der Waals surface area contributed by atoms with E-state index in [1.54, 1.807) is 11.0 Å². The smallest absolute Gasteiger partial charge is 0.242 e. The van der Waals surface area contributed by atoms with Gasteiger partial charge in [0.15, 0.2) is 0 Å². The van der Waals surface area contributed by atoms with Crippen LogP contribution < -0.4 is 0 Å². The zero-order valence-electron chi connectivity index (χ0n) is 8.60. The molecule has 4 nitrogen and oxygen atoms in total. The van der Waals surface area contributed by atoms with Gasteiger partial charge in [-0.15, -0.1) is 17.5 Å². The van der Waals surface area contributed by atoms with Crippen LogP contribution in [0.2, 0.25) is 5.28 Å². The summed E-state index contributed by atoms with van der Waals surface area (Å²) in [5.41, 5.74) is 0. The summed E-state index contributed by atoms with van der Waals surface area (Å²) in [6, 6.07) is 0. The number of likely N-dealkylation sites (tertiary alicyclic amines) is 1. The van der Waals surface area contributed by atoms with Crippen molar-refractivity contribution in [2.24, 2.45) is 0 Å². The number of aromatic nitrogens is 3. The Morgan fingerprint density at radius 1 is 1.20 bits per heavy atom. The van der Waals surface area contributed by atoms with E-state index in [4.69, 9.17) is 11.6 Å². The highest BCUT2D eigenvalue weighted by atomic mass is 35.5. The van der Waals surface area contributed by atoms with E-state index in [1.165, 1.54) is 32.4 Å². The normalized spacial score (nSPS) is 17.4. The first-order valence-corrected chi connectivity index (χ1v) is 5.50. The summed E-state index contributed by atoms with van der Waals surface area (Å²) in [6.07, 6.45) is 5.73. The second-order valence-corrected chi connectivity index (χ2v) is 4.02. The Bertz CT molecular complexity index is 283. The quantitative estimate of drug-likeness (QED) is 0.822. The van der Waals surface area contributed by atoms with Crippen molar-refractivity contribution in [2.45, 2.75) is 25.8 Å². The molecule has 1 fully saturated rings. The molecule has 1 aromatic heterocycles. The van der Waals surface area contributed by atoms with Gasteiger partial charge >= 0.3 is 0 Å². The van der Waals surface area contributed by atoms with Crippen LogP contribution in [-0.2, 0) is 6.54 Å². The molecular weight excluding hydrogens is 235 g/mol. The molecule has 1 aliphatic rings. The second-order valence-electron chi connectivity index (χ2n) is 3.68. The summed E-state index contributed by atoms with van der Waals surface area (Å²) < 4.78 is 1.80. The predicted molar refractivity (Wildman–Crippen MR) is 62.6 cm³/mol. The van der Waals surface area contributed by atoms with Crippen LogP contribution >= 0.6 is 24.0 Å². The Balaban J connectivity index is 0.00000112. The monoisotopic (exact) mass is 250 g/mol. The summed E-state index contributed by atoms with van der Waals surface area (Å²) in [4.78, 5) is 6.35. The summed E-state index contributed by atoms with van der Waals surface area (Å²) in [5.74, 6) is 0. The minimum atomic E-state index is 0. The molecule has 0 aromatic carbocycles. The predicted octanol–water partition coefficient (Wildman–Crippen LogP) is 1.84. The molecule has 1 aliphatic heterocycles. The number of nitrogens with zero attached hydrogens (tertiary/aromatic N) is 4. The van der Waals surface area contributed by atoms with Crippen LogP contribution in [0.15, 0.2) is 6.33 Å². The zero-order valence-corrected chi connectivity index (χ0v) is 10.2. The van der Waals surface area contributed by atoms with Gasteiger partial charge in [-0.05, 0) is 37.5 Å². The molecule has 0 atom stereocenters. The van der Waals surface area contributed by atoms with Crippen molar-refractivity contribution < 1.29 is 0 Å². The maximum absolute atomic E-state index is 5.63. The van der Waals surface area contributed by atoms with Crippen LogP contribution in [0.4, 0.5) is 0 Å². The SMILES string of the molecule is Cl.Clc1ncn(CCN2CCCCC2)n1. The molecule has 0 radical (unpaired) electrons. The van der Waals surface area contributed by atoms with Gasteiger partial charge in [0.2, 0.25) is 5.28 Å². The van der Waals surface area contributed by atoms with E-state index in [9.17, 15) is 0 Å². The molecule has 86 valence electrons. The summed E-state index contributed by atoms with van der Waals surface area (Å²) >= 11 is 5.63. The lowest BCUT2D eigenvalue weighted by molar-refractivity contribution is 0.218. The standard InChI is InChI=1S/C9H15ClN4.ClH/c10-9-11-8-14(12-9)7-6-13-4-2-1-3-5-13;/h8H,1-7H2;1H. The molecule has 0 aliphatic carbocycles. The maximum Gasteiger partial charge on any atom is 0.242 e. The summed E-state index contributed by atoms with van der Waals surface area (Å²) in [6.45, 7) is 4.39. The Morgan fingerprint density at radius 2 is 1.93 bits per heavy atom. The topological polar surface area (TPSA) is 34.0 Å².